The Morgan fingerprint density at radius 3 is 2.24 bits per heavy atom. The van der Waals surface area contributed by atoms with Crippen LogP contribution in [0.25, 0.3) is 5.69 Å². The highest BCUT2D eigenvalue weighted by Gasteiger charge is 2.23. The predicted molar refractivity (Wildman–Crippen MR) is 128 cm³/mol. The van der Waals surface area contributed by atoms with Crippen molar-refractivity contribution in [2.75, 3.05) is 14.2 Å². The molecule has 33 heavy (non-hydrogen) atoms. The van der Waals surface area contributed by atoms with Crippen LogP contribution in [0.2, 0.25) is 0 Å². The van der Waals surface area contributed by atoms with E-state index in [1.165, 1.54) is 24.4 Å². The fourth-order valence-corrected chi connectivity index (χ4v) is 4.19. The SMILES string of the molecule is COc1ccc(C(=O)Oc2c(Sc3ccc(C)cc3)c(C)nn2-c2ccccc2)cc1OC. The lowest BCUT2D eigenvalue weighted by Gasteiger charge is -2.12. The van der Waals surface area contributed by atoms with Gasteiger partial charge in [-0.3, -0.25) is 0 Å². The van der Waals surface area contributed by atoms with Crippen LogP contribution in [0.4, 0.5) is 0 Å². The molecule has 4 rings (SSSR count). The number of methoxy groups -OCH3 is 2. The molecule has 0 N–H and O–H groups in total. The maximum atomic E-state index is 13.2. The Balaban J connectivity index is 1.74. The van der Waals surface area contributed by atoms with E-state index in [0.717, 1.165) is 21.2 Å². The Labute approximate surface area is 197 Å². The van der Waals surface area contributed by atoms with Crippen LogP contribution < -0.4 is 14.2 Å². The van der Waals surface area contributed by atoms with Crippen molar-refractivity contribution in [3.8, 4) is 23.1 Å². The number of carbonyl (C=O) groups is 1. The number of rotatable bonds is 7. The van der Waals surface area contributed by atoms with Crippen LogP contribution in [0.5, 0.6) is 17.4 Å². The van der Waals surface area contributed by atoms with Gasteiger partial charge in [-0.2, -0.15) is 9.78 Å². The lowest BCUT2D eigenvalue weighted by molar-refractivity contribution is 0.0718. The molecule has 0 aliphatic carbocycles. The van der Waals surface area contributed by atoms with Crippen molar-refractivity contribution in [1.82, 2.24) is 9.78 Å². The van der Waals surface area contributed by atoms with Crippen molar-refractivity contribution in [2.45, 2.75) is 23.6 Å². The molecule has 1 aromatic heterocycles. The summed E-state index contributed by atoms with van der Waals surface area (Å²) in [5.74, 6) is 0.839. The van der Waals surface area contributed by atoms with Crippen LogP contribution in [-0.4, -0.2) is 30.0 Å². The summed E-state index contributed by atoms with van der Waals surface area (Å²) in [6.07, 6.45) is 0. The summed E-state index contributed by atoms with van der Waals surface area (Å²) in [6, 6.07) is 22.7. The van der Waals surface area contributed by atoms with Crippen molar-refractivity contribution in [1.29, 1.82) is 0 Å². The molecule has 0 aliphatic heterocycles. The van der Waals surface area contributed by atoms with E-state index >= 15 is 0 Å². The van der Waals surface area contributed by atoms with Gasteiger partial charge in [-0.25, -0.2) is 4.79 Å². The Morgan fingerprint density at radius 2 is 1.58 bits per heavy atom. The van der Waals surface area contributed by atoms with E-state index in [9.17, 15) is 4.79 Å². The molecule has 3 aromatic carbocycles. The maximum absolute atomic E-state index is 13.2. The molecule has 0 saturated heterocycles. The van der Waals surface area contributed by atoms with Crippen LogP contribution in [0.3, 0.4) is 0 Å². The van der Waals surface area contributed by atoms with Crippen molar-refractivity contribution in [3.05, 3.63) is 89.6 Å². The van der Waals surface area contributed by atoms with Gasteiger partial charge in [0.05, 0.1) is 36.1 Å². The lowest BCUT2D eigenvalue weighted by atomic mass is 10.2. The molecule has 0 atom stereocenters. The number of aromatic nitrogens is 2. The van der Waals surface area contributed by atoms with Gasteiger partial charge in [-0.1, -0.05) is 47.7 Å². The van der Waals surface area contributed by atoms with E-state index < -0.39 is 5.97 Å². The summed E-state index contributed by atoms with van der Waals surface area (Å²) < 4.78 is 18.2. The number of para-hydroxylation sites is 1. The minimum atomic E-state index is -0.515. The molecule has 168 valence electrons. The lowest BCUT2D eigenvalue weighted by Crippen LogP contribution is -2.12. The second kappa shape index (κ2) is 9.83. The topological polar surface area (TPSA) is 62.6 Å². The van der Waals surface area contributed by atoms with Gasteiger partial charge < -0.3 is 14.2 Å². The number of hydrogen-bond donors (Lipinski definition) is 0. The van der Waals surface area contributed by atoms with Gasteiger partial charge in [-0.05, 0) is 56.3 Å². The number of ether oxygens (including phenoxy) is 3. The Morgan fingerprint density at radius 1 is 0.879 bits per heavy atom. The Kier molecular flexibility index (Phi) is 6.70. The van der Waals surface area contributed by atoms with E-state index in [0.29, 0.717) is 22.9 Å². The van der Waals surface area contributed by atoms with Crippen LogP contribution in [0.15, 0.2) is 82.6 Å². The fraction of sp³-hybridized carbons (Fsp3) is 0.154. The molecule has 0 fully saturated rings. The molecular formula is C26H24N2O4S. The first-order chi connectivity index (χ1) is 16.0. The Hall–Kier alpha value is -3.71. The molecule has 0 spiro atoms. The van der Waals surface area contributed by atoms with E-state index in [1.807, 2.05) is 56.3 Å². The summed E-state index contributed by atoms with van der Waals surface area (Å²) in [5.41, 5.74) is 3.08. The highest BCUT2D eigenvalue weighted by atomic mass is 32.2. The zero-order chi connectivity index (χ0) is 23.4. The molecule has 0 aliphatic rings. The van der Waals surface area contributed by atoms with Crippen LogP contribution in [0.1, 0.15) is 21.6 Å². The molecule has 4 aromatic rings. The molecule has 0 radical (unpaired) electrons. The number of nitrogens with zero attached hydrogens (tertiary/aromatic N) is 2. The average molecular weight is 461 g/mol. The van der Waals surface area contributed by atoms with Gasteiger partial charge in [0.2, 0.25) is 5.88 Å². The number of benzene rings is 3. The summed E-state index contributed by atoms with van der Waals surface area (Å²) >= 11 is 1.51. The van der Waals surface area contributed by atoms with Gasteiger partial charge in [0.25, 0.3) is 0 Å². The van der Waals surface area contributed by atoms with Crippen LogP contribution in [0, 0.1) is 13.8 Å². The summed E-state index contributed by atoms with van der Waals surface area (Å²) in [4.78, 5) is 15.0. The molecule has 0 unspecified atom stereocenters. The summed E-state index contributed by atoms with van der Waals surface area (Å²) in [6.45, 7) is 3.95. The molecule has 6 nitrogen and oxygen atoms in total. The molecule has 0 bridgehead atoms. The standard InChI is InChI=1S/C26H24N2O4S/c1-17-10-13-21(14-11-17)33-24-18(2)27-28(20-8-6-5-7-9-20)25(24)32-26(29)19-12-15-22(30-3)23(16-19)31-4/h5-16H,1-4H3. The fourth-order valence-electron chi connectivity index (χ4n) is 3.28. The minimum absolute atomic E-state index is 0.345. The maximum Gasteiger partial charge on any atom is 0.345 e. The summed E-state index contributed by atoms with van der Waals surface area (Å²) in [5, 5.41) is 4.68. The zero-order valence-corrected chi connectivity index (χ0v) is 19.7. The second-order valence-corrected chi connectivity index (χ2v) is 8.43. The number of hydrogen-bond acceptors (Lipinski definition) is 6. The van der Waals surface area contributed by atoms with E-state index in [2.05, 4.69) is 17.2 Å². The molecular weight excluding hydrogens is 436 g/mol. The monoisotopic (exact) mass is 460 g/mol. The third kappa shape index (κ3) is 4.88. The first kappa shape index (κ1) is 22.5. The van der Waals surface area contributed by atoms with Gasteiger partial charge >= 0.3 is 5.97 Å². The smallest absolute Gasteiger partial charge is 0.345 e. The van der Waals surface area contributed by atoms with Crippen molar-refractivity contribution >= 4 is 17.7 Å². The largest absolute Gasteiger partial charge is 0.493 e. The van der Waals surface area contributed by atoms with E-state index in [-0.39, 0.29) is 0 Å². The quantitative estimate of drug-likeness (QED) is 0.321. The van der Waals surface area contributed by atoms with Gasteiger partial charge in [0.15, 0.2) is 11.5 Å². The third-order valence-corrected chi connectivity index (χ3v) is 6.20. The Bertz CT molecular complexity index is 1270. The highest BCUT2D eigenvalue weighted by molar-refractivity contribution is 7.99. The molecule has 1 heterocycles. The van der Waals surface area contributed by atoms with Gasteiger partial charge in [0, 0.05) is 4.90 Å². The predicted octanol–water partition coefficient (Wildman–Crippen LogP) is 5.88. The van der Waals surface area contributed by atoms with Crippen molar-refractivity contribution in [2.24, 2.45) is 0 Å². The number of esters is 1. The van der Waals surface area contributed by atoms with Crippen molar-refractivity contribution in [3.63, 3.8) is 0 Å². The zero-order valence-electron chi connectivity index (χ0n) is 18.9. The first-order valence-electron chi connectivity index (χ1n) is 10.3. The third-order valence-electron chi connectivity index (χ3n) is 5.02. The van der Waals surface area contributed by atoms with Gasteiger partial charge in [0.1, 0.15) is 0 Å². The first-order valence-corrected chi connectivity index (χ1v) is 11.2. The highest BCUT2D eigenvalue weighted by Crippen LogP contribution is 2.39. The van der Waals surface area contributed by atoms with E-state index in [1.54, 1.807) is 30.0 Å². The normalized spacial score (nSPS) is 10.7. The van der Waals surface area contributed by atoms with Gasteiger partial charge in [-0.15, -0.1) is 0 Å². The summed E-state index contributed by atoms with van der Waals surface area (Å²) in [7, 11) is 3.07. The molecule has 0 saturated carbocycles. The second-order valence-electron chi connectivity index (χ2n) is 7.34. The minimum Gasteiger partial charge on any atom is -0.493 e. The average Bonchev–Trinajstić information content (AvgIpc) is 3.15. The number of aryl methyl sites for hydroxylation is 2. The van der Waals surface area contributed by atoms with Crippen LogP contribution >= 0.6 is 11.8 Å². The van der Waals surface area contributed by atoms with E-state index in [4.69, 9.17) is 14.2 Å². The van der Waals surface area contributed by atoms with Crippen molar-refractivity contribution < 1.29 is 19.0 Å². The molecule has 7 heteroatoms. The van der Waals surface area contributed by atoms with Crippen LogP contribution in [-0.2, 0) is 0 Å². The number of carbonyl (C=O) groups excluding carboxylic acids is 1. The molecule has 0 amide bonds.